The summed E-state index contributed by atoms with van der Waals surface area (Å²) < 4.78 is 11.8. The summed E-state index contributed by atoms with van der Waals surface area (Å²) in [5.41, 5.74) is 4.31. The lowest BCUT2D eigenvalue weighted by Gasteiger charge is -2.21. The highest BCUT2D eigenvalue weighted by atomic mass is 32.2. The van der Waals surface area contributed by atoms with Gasteiger partial charge >= 0.3 is 5.97 Å². The first-order valence-electron chi connectivity index (χ1n) is 5.42. The zero-order valence-electron chi connectivity index (χ0n) is 9.94. The highest BCUT2D eigenvalue weighted by Gasteiger charge is 2.30. The molecule has 6 heteroatoms. The van der Waals surface area contributed by atoms with E-state index in [0.29, 0.717) is 5.75 Å². The molecule has 0 aliphatic carbocycles. The van der Waals surface area contributed by atoms with Crippen LogP contribution in [0.4, 0.5) is 0 Å². The average molecular weight is 250 g/mol. The lowest BCUT2D eigenvalue weighted by Crippen LogP contribution is -2.48. The molecule has 0 aromatic rings. The smallest absolute Gasteiger partial charge is 0.324 e. The Kier molecular flexibility index (Phi) is 5.99. The SMILES string of the molecule is CCCCS(N)(=O)=CCC(N)(CC)C(=O)O. The van der Waals surface area contributed by atoms with Crippen LogP contribution in [0.2, 0.25) is 0 Å². The van der Waals surface area contributed by atoms with Gasteiger partial charge in [-0.2, -0.15) is 0 Å². The van der Waals surface area contributed by atoms with Crippen LogP contribution in [-0.2, 0) is 14.5 Å². The van der Waals surface area contributed by atoms with Gasteiger partial charge in [0.15, 0.2) is 0 Å². The van der Waals surface area contributed by atoms with Crippen LogP contribution in [0.25, 0.3) is 0 Å². The first-order chi connectivity index (χ1) is 7.27. The molecule has 0 aromatic heterocycles. The number of nitrogens with two attached hydrogens (primary N) is 2. The molecule has 0 amide bonds. The number of hydrogen-bond donors (Lipinski definition) is 3. The molecule has 16 heavy (non-hydrogen) atoms. The van der Waals surface area contributed by atoms with Crippen molar-refractivity contribution >= 4 is 21.0 Å². The Labute approximate surface area is 97.3 Å². The fraction of sp³-hybridized carbons (Fsp3) is 0.800. The minimum atomic E-state index is -2.54. The van der Waals surface area contributed by atoms with Crippen LogP contribution in [0, 0.1) is 0 Å². The van der Waals surface area contributed by atoms with Gasteiger partial charge < -0.3 is 10.8 Å². The Hall–Kier alpha value is -0.590. The van der Waals surface area contributed by atoms with E-state index in [-0.39, 0.29) is 12.8 Å². The number of aliphatic carboxylic acids is 1. The first-order valence-corrected chi connectivity index (χ1v) is 7.28. The van der Waals surface area contributed by atoms with Crippen LogP contribution in [0.3, 0.4) is 0 Å². The van der Waals surface area contributed by atoms with Crippen LogP contribution >= 0.6 is 0 Å². The van der Waals surface area contributed by atoms with E-state index in [0.717, 1.165) is 12.8 Å². The minimum absolute atomic E-state index is 0.0396. The van der Waals surface area contributed by atoms with E-state index in [9.17, 15) is 9.00 Å². The van der Waals surface area contributed by atoms with Gasteiger partial charge in [0.05, 0.1) is 0 Å². The van der Waals surface area contributed by atoms with Gasteiger partial charge in [-0.1, -0.05) is 20.3 Å². The molecule has 5 N–H and O–H groups in total. The molecular weight excluding hydrogens is 228 g/mol. The Bertz CT molecular complexity index is 348. The topological polar surface area (TPSA) is 106 Å². The van der Waals surface area contributed by atoms with Crippen molar-refractivity contribution in [1.29, 1.82) is 0 Å². The van der Waals surface area contributed by atoms with Gasteiger partial charge in [0.2, 0.25) is 0 Å². The number of carboxylic acids is 1. The second kappa shape index (κ2) is 6.22. The van der Waals surface area contributed by atoms with Crippen molar-refractivity contribution < 1.29 is 14.1 Å². The third-order valence-electron chi connectivity index (χ3n) is 2.60. The predicted octanol–water partition coefficient (Wildman–Crippen LogP) is 0.329. The van der Waals surface area contributed by atoms with Gasteiger partial charge in [-0.25, -0.2) is 0 Å². The lowest BCUT2D eigenvalue weighted by atomic mass is 9.95. The molecule has 2 unspecified atom stereocenters. The Morgan fingerprint density at radius 1 is 1.50 bits per heavy atom. The van der Waals surface area contributed by atoms with Crippen molar-refractivity contribution in [3.8, 4) is 0 Å². The van der Waals surface area contributed by atoms with E-state index < -0.39 is 21.2 Å². The van der Waals surface area contributed by atoms with E-state index in [2.05, 4.69) is 0 Å². The Morgan fingerprint density at radius 2 is 2.06 bits per heavy atom. The van der Waals surface area contributed by atoms with E-state index in [4.69, 9.17) is 16.0 Å². The molecule has 0 radical (unpaired) electrons. The molecule has 0 saturated carbocycles. The Balaban J connectivity index is 4.67. The van der Waals surface area contributed by atoms with Gasteiger partial charge in [0.1, 0.15) is 5.54 Å². The quantitative estimate of drug-likeness (QED) is 0.566. The average Bonchev–Trinajstić information content (AvgIpc) is 2.23. The summed E-state index contributed by atoms with van der Waals surface area (Å²) in [5.74, 6) is -0.694. The van der Waals surface area contributed by atoms with Crippen LogP contribution in [-0.4, -0.2) is 31.9 Å². The fourth-order valence-corrected chi connectivity index (χ4v) is 2.61. The van der Waals surface area contributed by atoms with Crippen molar-refractivity contribution in [3.63, 3.8) is 0 Å². The maximum atomic E-state index is 11.8. The number of carboxylic acid groups (broad SMARTS) is 1. The van der Waals surface area contributed by atoms with Crippen LogP contribution in [0.1, 0.15) is 39.5 Å². The lowest BCUT2D eigenvalue weighted by molar-refractivity contribution is -0.143. The van der Waals surface area contributed by atoms with Gasteiger partial charge in [0.25, 0.3) is 0 Å². The third-order valence-corrected chi connectivity index (χ3v) is 4.26. The highest BCUT2D eigenvalue weighted by Crippen LogP contribution is 2.10. The summed E-state index contributed by atoms with van der Waals surface area (Å²) in [6.45, 7) is 3.67. The molecule has 0 aliphatic rings. The molecule has 0 rings (SSSR count). The van der Waals surface area contributed by atoms with Crippen molar-refractivity contribution in [3.05, 3.63) is 0 Å². The van der Waals surface area contributed by atoms with Crippen LogP contribution in [0.5, 0.6) is 0 Å². The molecule has 0 saturated heterocycles. The van der Waals surface area contributed by atoms with E-state index in [1.807, 2.05) is 6.92 Å². The zero-order chi connectivity index (χ0) is 12.8. The van der Waals surface area contributed by atoms with Crippen LogP contribution < -0.4 is 10.9 Å². The molecule has 0 bridgehead atoms. The maximum Gasteiger partial charge on any atom is 0.324 e. The summed E-state index contributed by atoms with van der Waals surface area (Å²) in [7, 11) is -2.54. The normalized spacial score (nSPS) is 18.5. The maximum absolute atomic E-state index is 11.8. The summed E-state index contributed by atoms with van der Waals surface area (Å²) in [4.78, 5) is 10.9. The summed E-state index contributed by atoms with van der Waals surface area (Å²) in [6, 6.07) is 0. The van der Waals surface area contributed by atoms with Crippen molar-refractivity contribution in [1.82, 2.24) is 0 Å². The van der Waals surface area contributed by atoms with Crippen molar-refractivity contribution in [2.75, 3.05) is 5.75 Å². The number of carbonyl (C=O) groups is 1. The molecule has 0 aliphatic heterocycles. The number of hydrogen-bond acceptors (Lipinski definition) is 3. The summed E-state index contributed by atoms with van der Waals surface area (Å²) in [6.07, 6.45) is 1.99. The second-order valence-corrected chi connectivity index (χ2v) is 6.32. The second-order valence-electron chi connectivity index (χ2n) is 4.02. The predicted molar refractivity (Wildman–Crippen MR) is 67.6 cm³/mol. The van der Waals surface area contributed by atoms with E-state index in [1.54, 1.807) is 6.92 Å². The number of rotatable bonds is 7. The largest absolute Gasteiger partial charge is 0.480 e. The molecule has 5 nitrogen and oxygen atoms in total. The minimum Gasteiger partial charge on any atom is -0.480 e. The van der Waals surface area contributed by atoms with Crippen molar-refractivity contribution in [2.45, 2.75) is 45.1 Å². The van der Waals surface area contributed by atoms with Crippen LogP contribution in [0.15, 0.2) is 0 Å². The van der Waals surface area contributed by atoms with E-state index in [1.165, 1.54) is 5.37 Å². The Morgan fingerprint density at radius 3 is 2.44 bits per heavy atom. The van der Waals surface area contributed by atoms with Gasteiger partial charge in [-0.15, -0.1) is 0 Å². The molecule has 0 aromatic carbocycles. The van der Waals surface area contributed by atoms with Gasteiger partial charge in [-0.3, -0.25) is 14.1 Å². The standard InChI is InChI=1S/C10H22N2O3S/c1-3-5-7-16(12,15)8-6-10(11,4-2)9(13)14/h8H,3-7,11H2,1-2H3,(H2,12,15)(H,13,14). The van der Waals surface area contributed by atoms with E-state index >= 15 is 0 Å². The zero-order valence-corrected chi connectivity index (χ0v) is 10.8. The third kappa shape index (κ3) is 4.96. The molecule has 96 valence electrons. The van der Waals surface area contributed by atoms with Gasteiger partial charge in [-0.05, 0) is 18.2 Å². The first kappa shape index (κ1) is 15.4. The summed E-state index contributed by atoms with van der Waals surface area (Å²) in [5, 5.41) is 15.9. The van der Waals surface area contributed by atoms with Crippen molar-refractivity contribution in [2.24, 2.45) is 10.9 Å². The molecule has 0 fully saturated rings. The highest BCUT2D eigenvalue weighted by molar-refractivity contribution is 7.99. The monoisotopic (exact) mass is 250 g/mol. The molecular formula is C10H22N2O3S. The molecule has 0 heterocycles. The fourth-order valence-electron chi connectivity index (χ4n) is 1.13. The van der Waals surface area contributed by atoms with Gasteiger partial charge in [0, 0.05) is 21.9 Å². The summed E-state index contributed by atoms with van der Waals surface area (Å²) >= 11 is 0. The number of unbranched alkanes of at least 4 members (excludes halogenated alkanes) is 1. The molecule has 0 spiro atoms. The molecule has 2 atom stereocenters.